The summed E-state index contributed by atoms with van der Waals surface area (Å²) in [4.78, 5) is 1.43. The second kappa shape index (κ2) is 3.51. The van der Waals surface area contributed by atoms with Gasteiger partial charge in [0.05, 0.1) is 4.34 Å². The van der Waals surface area contributed by atoms with Crippen molar-refractivity contribution in [2.24, 2.45) is 11.8 Å². The molecule has 1 aliphatic carbocycles. The van der Waals surface area contributed by atoms with Crippen LogP contribution in [0.1, 0.15) is 30.2 Å². The molecule has 1 saturated carbocycles. The molecule has 1 N–H and O–H groups in total. The molecule has 3 heteroatoms. The number of nitrogens with one attached hydrogen (secondary N) is 1. The lowest BCUT2D eigenvalue weighted by Gasteiger charge is -2.46. The predicted molar refractivity (Wildman–Crippen MR) is 60.9 cm³/mol. The maximum atomic E-state index is 5.95. The second-order valence-electron chi connectivity index (χ2n) is 4.38. The molecule has 0 amide bonds. The van der Waals surface area contributed by atoms with Gasteiger partial charge in [0, 0.05) is 17.5 Å². The van der Waals surface area contributed by atoms with Gasteiger partial charge in [-0.05, 0) is 24.0 Å². The second-order valence-corrected chi connectivity index (χ2v) is 6.13. The SMILES string of the molecule is Clc1ccc(C2NCC2C2CCC2)s1. The van der Waals surface area contributed by atoms with Gasteiger partial charge in [0.1, 0.15) is 0 Å². The van der Waals surface area contributed by atoms with Crippen molar-refractivity contribution in [2.75, 3.05) is 6.54 Å². The summed E-state index contributed by atoms with van der Waals surface area (Å²) in [5.41, 5.74) is 0. The summed E-state index contributed by atoms with van der Waals surface area (Å²) in [5.74, 6) is 1.88. The van der Waals surface area contributed by atoms with Crippen molar-refractivity contribution in [1.29, 1.82) is 0 Å². The molecule has 2 aliphatic rings. The topological polar surface area (TPSA) is 12.0 Å². The zero-order valence-corrected chi connectivity index (χ0v) is 9.57. The molecular formula is C11H14ClNS. The molecule has 0 aromatic carbocycles. The Morgan fingerprint density at radius 2 is 2.21 bits per heavy atom. The number of hydrogen-bond acceptors (Lipinski definition) is 2. The Labute approximate surface area is 93.5 Å². The predicted octanol–water partition coefficient (Wildman–Crippen LogP) is 3.46. The zero-order chi connectivity index (χ0) is 9.54. The van der Waals surface area contributed by atoms with E-state index in [2.05, 4.69) is 11.4 Å². The first-order valence-electron chi connectivity index (χ1n) is 5.33. The van der Waals surface area contributed by atoms with Crippen molar-refractivity contribution in [1.82, 2.24) is 5.32 Å². The molecule has 2 unspecified atom stereocenters. The molecular weight excluding hydrogens is 214 g/mol. The van der Waals surface area contributed by atoms with Gasteiger partial charge in [0.15, 0.2) is 0 Å². The minimum atomic E-state index is 0.609. The number of halogens is 1. The highest BCUT2D eigenvalue weighted by atomic mass is 35.5. The van der Waals surface area contributed by atoms with Gasteiger partial charge >= 0.3 is 0 Å². The minimum Gasteiger partial charge on any atom is -0.309 e. The van der Waals surface area contributed by atoms with E-state index < -0.39 is 0 Å². The highest BCUT2D eigenvalue weighted by molar-refractivity contribution is 7.16. The summed E-state index contributed by atoms with van der Waals surface area (Å²) < 4.78 is 0.918. The molecule has 0 radical (unpaired) electrons. The standard InChI is InChI=1S/C11H14ClNS/c12-10-5-4-9(14-10)11-8(6-13-11)7-2-1-3-7/h4-5,7-8,11,13H,1-3,6H2. The fourth-order valence-electron chi connectivity index (χ4n) is 2.49. The molecule has 76 valence electrons. The maximum Gasteiger partial charge on any atom is 0.0931 e. The molecule has 2 heterocycles. The van der Waals surface area contributed by atoms with E-state index in [4.69, 9.17) is 11.6 Å². The van der Waals surface area contributed by atoms with Gasteiger partial charge in [-0.3, -0.25) is 0 Å². The molecule has 1 saturated heterocycles. The van der Waals surface area contributed by atoms with Crippen LogP contribution in [0.5, 0.6) is 0 Å². The Hall–Kier alpha value is -0.0500. The number of thiophene rings is 1. The molecule has 1 nitrogen and oxygen atoms in total. The van der Waals surface area contributed by atoms with E-state index in [1.165, 1.54) is 30.7 Å². The molecule has 14 heavy (non-hydrogen) atoms. The first kappa shape index (κ1) is 9.20. The third kappa shape index (κ3) is 1.40. The summed E-state index contributed by atoms with van der Waals surface area (Å²) in [7, 11) is 0. The smallest absolute Gasteiger partial charge is 0.0931 e. The van der Waals surface area contributed by atoms with E-state index in [-0.39, 0.29) is 0 Å². The van der Waals surface area contributed by atoms with Gasteiger partial charge in [-0.15, -0.1) is 11.3 Å². The minimum absolute atomic E-state index is 0.609. The lowest BCUT2D eigenvalue weighted by atomic mass is 9.69. The zero-order valence-electron chi connectivity index (χ0n) is 8.00. The van der Waals surface area contributed by atoms with Crippen LogP contribution < -0.4 is 5.32 Å². The van der Waals surface area contributed by atoms with E-state index in [9.17, 15) is 0 Å². The molecule has 1 aromatic heterocycles. The first-order chi connectivity index (χ1) is 6.84. The van der Waals surface area contributed by atoms with Crippen molar-refractivity contribution >= 4 is 22.9 Å². The van der Waals surface area contributed by atoms with Gasteiger partial charge in [-0.1, -0.05) is 30.9 Å². The third-order valence-electron chi connectivity index (χ3n) is 3.66. The molecule has 2 atom stereocenters. The first-order valence-corrected chi connectivity index (χ1v) is 6.52. The lowest BCUT2D eigenvalue weighted by molar-refractivity contribution is 0.0960. The largest absolute Gasteiger partial charge is 0.309 e. The Kier molecular flexibility index (Phi) is 2.31. The molecule has 0 bridgehead atoms. The lowest BCUT2D eigenvalue weighted by Crippen LogP contribution is -2.50. The Morgan fingerprint density at radius 1 is 1.36 bits per heavy atom. The van der Waals surface area contributed by atoms with Crippen LogP contribution in [0.3, 0.4) is 0 Å². The van der Waals surface area contributed by atoms with Crippen LogP contribution in [-0.2, 0) is 0 Å². The van der Waals surface area contributed by atoms with Gasteiger partial charge < -0.3 is 5.32 Å². The Morgan fingerprint density at radius 3 is 2.64 bits per heavy atom. The van der Waals surface area contributed by atoms with Gasteiger partial charge in [0.25, 0.3) is 0 Å². The van der Waals surface area contributed by atoms with Crippen molar-refractivity contribution < 1.29 is 0 Å². The fourth-order valence-corrected chi connectivity index (χ4v) is 3.70. The quantitative estimate of drug-likeness (QED) is 0.816. The van der Waals surface area contributed by atoms with Crippen molar-refractivity contribution in [3.05, 3.63) is 21.3 Å². The monoisotopic (exact) mass is 227 g/mol. The highest BCUT2D eigenvalue weighted by Crippen LogP contribution is 2.45. The van der Waals surface area contributed by atoms with Crippen LogP contribution in [0.25, 0.3) is 0 Å². The van der Waals surface area contributed by atoms with E-state index in [0.29, 0.717) is 6.04 Å². The van der Waals surface area contributed by atoms with Crippen LogP contribution in [0.2, 0.25) is 4.34 Å². The van der Waals surface area contributed by atoms with Gasteiger partial charge in [-0.2, -0.15) is 0 Å². The fraction of sp³-hybridized carbons (Fsp3) is 0.636. The molecule has 0 spiro atoms. The summed E-state index contributed by atoms with van der Waals surface area (Å²) in [5, 5.41) is 3.53. The number of hydrogen-bond donors (Lipinski definition) is 1. The average molecular weight is 228 g/mol. The summed E-state index contributed by atoms with van der Waals surface area (Å²) in [6.45, 7) is 1.21. The van der Waals surface area contributed by atoms with E-state index in [0.717, 1.165) is 16.2 Å². The molecule has 1 aromatic rings. The van der Waals surface area contributed by atoms with Gasteiger partial charge in [-0.25, -0.2) is 0 Å². The molecule has 3 rings (SSSR count). The normalized spacial score (nSPS) is 32.4. The maximum absolute atomic E-state index is 5.95. The summed E-state index contributed by atoms with van der Waals surface area (Å²) in [6, 6.07) is 4.80. The molecule has 1 aliphatic heterocycles. The summed E-state index contributed by atoms with van der Waals surface area (Å²) >= 11 is 7.68. The Bertz CT molecular complexity index is 332. The van der Waals surface area contributed by atoms with Gasteiger partial charge in [0.2, 0.25) is 0 Å². The molecule has 2 fully saturated rings. The average Bonchev–Trinajstić information content (AvgIpc) is 2.41. The van der Waals surface area contributed by atoms with Crippen molar-refractivity contribution in [3.8, 4) is 0 Å². The number of rotatable bonds is 2. The summed E-state index contributed by atoms with van der Waals surface area (Å²) in [6.07, 6.45) is 4.34. The van der Waals surface area contributed by atoms with Crippen molar-refractivity contribution in [3.63, 3.8) is 0 Å². The van der Waals surface area contributed by atoms with Crippen LogP contribution in [0, 0.1) is 11.8 Å². The van der Waals surface area contributed by atoms with E-state index >= 15 is 0 Å². The van der Waals surface area contributed by atoms with Crippen LogP contribution in [0.4, 0.5) is 0 Å². The van der Waals surface area contributed by atoms with Crippen LogP contribution in [-0.4, -0.2) is 6.54 Å². The highest BCUT2D eigenvalue weighted by Gasteiger charge is 2.40. The van der Waals surface area contributed by atoms with Crippen molar-refractivity contribution in [2.45, 2.75) is 25.3 Å². The Balaban J connectivity index is 1.73. The van der Waals surface area contributed by atoms with Crippen LogP contribution in [0.15, 0.2) is 12.1 Å². The van der Waals surface area contributed by atoms with E-state index in [1.54, 1.807) is 11.3 Å². The van der Waals surface area contributed by atoms with Crippen LogP contribution >= 0.6 is 22.9 Å². The third-order valence-corrected chi connectivity index (χ3v) is 4.97. The van der Waals surface area contributed by atoms with E-state index in [1.807, 2.05) is 6.07 Å².